The summed E-state index contributed by atoms with van der Waals surface area (Å²) in [5.41, 5.74) is 7.73. The lowest BCUT2D eigenvalue weighted by molar-refractivity contribution is 0.415. The fraction of sp³-hybridized carbons (Fsp3) is 0.185. The Hall–Kier alpha value is -3.62. The number of ether oxygens (including phenoxy) is 1. The van der Waals surface area contributed by atoms with E-state index in [1.807, 2.05) is 36.4 Å². The Morgan fingerprint density at radius 2 is 1.80 bits per heavy atom. The molecule has 1 aromatic heterocycles. The smallest absolute Gasteiger partial charge is 0.332 e. The molecule has 0 radical (unpaired) electrons. The molecule has 2 unspecified atom stereocenters. The number of rotatable bonds is 6. The van der Waals surface area contributed by atoms with Crippen LogP contribution in [0.4, 0.5) is 4.39 Å². The molecule has 0 saturated heterocycles. The molecule has 2 N–H and O–H groups in total. The zero-order chi connectivity index (χ0) is 24.5. The minimum atomic E-state index is -0.570. The van der Waals surface area contributed by atoms with Crippen LogP contribution in [0.3, 0.4) is 0 Å². The van der Waals surface area contributed by atoms with Crippen LogP contribution in [0, 0.1) is 5.82 Å². The van der Waals surface area contributed by atoms with E-state index in [-0.39, 0.29) is 12.4 Å². The molecule has 35 heavy (non-hydrogen) atoms. The molecule has 1 aliphatic heterocycles. The fourth-order valence-corrected chi connectivity index (χ4v) is 5.80. The highest BCUT2D eigenvalue weighted by molar-refractivity contribution is 7.99. The van der Waals surface area contributed by atoms with Crippen molar-refractivity contribution in [3.05, 3.63) is 117 Å². The molecule has 4 aromatic rings. The highest BCUT2D eigenvalue weighted by atomic mass is 32.2. The summed E-state index contributed by atoms with van der Waals surface area (Å²) in [6, 6.07) is 21.8. The molecule has 178 valence electrons. The molecule has 0 aliphatic carbocycles. The van der Waals surface area contributed by atoms with Gasteiger partial charge in [-0.05, 0) is 29.3 Å². The van der Waals surface area contributed by atoms with Gasteiger partial charge in [0.1, 0.15) is 11.6 Å². The zero-order valence-corrected chi connectivity index (χ0v) is 19.9. The fourth-order valence-electron chi connectivity index (χ4n) is 4.46. The van der Waals surface area contributed by atoms with Crippen molar-refractivity contribution >= 4 is 11.8 Å². The van der Waals surface area contributed by atoms with Gasteiger partial charge in [-0.1, -0.05) is 60.7 Å². The molecule has 5 rings (SSSR count). The average molecular weight is 490 g/mol. The molecular formula is C27H24FN3O3S. The third-order valence-electron chi connectivity index (χ3n) is 6.25. The third-order valence-corrected chi connectivity index (χ3v) is 7.40. The lowest BCUT2D eigenvalue weighted by Gasteiger charge is -2.20. The van der Waals surface area contributed by atoms with Crippen LogP contribution in [-0.4, -0.2) is 22.0 Å². The van der Waals surface area contributed by atoms with Gasteiger partial charge in [0.25, 0.3) is 5.56 Å². The molecule has 8 heteroatoms. The molecule has 6 nitrogen and oxygen atoms in total. The van der Waals surface area contributed by atoms with Gasteiger partial charge in [-0.25, -0.2) is 9.18 Å². The van der Waals surface area contributed by atoms with Gasteiger partial charge in [0.2, 0.25) is 0 Å². The summed E-state index contributed by atoms with van der Waals surface area (Å²) in [5.74, 6) is 0.633. The summed E-state index contributed by atoms with van der Waals surface area (Å²) in [5, 5.41) is 0.519. The second-order valence-corrected chi connectivity index (χ2v) is 9.35. The lowest BCUT2D eigenvalue weighted by atomic mass is 10.1. The van der Waals surface area contributed by atoms with Gasteiger partial charge in [0, 0.05) is 17.4 Å². The number of fused-ring (bicyclic) bond motifs is 1. The molecule has 0 amide bonds. The normalized spacial score (nSPS) is 15.6. The maximum absolute atomic E-state index is 14.8. The zero-order valence-electron chi connectivity index (χ0n) is 19.1. The van der Waals surface area contributed by atoms with Gasteiger partial charge in [0.15, 0.2) is 0 Å². The van der Waals surface area contributed by atoms with Crippen LogP contribution in [0.25, 0.3) is 11.1 Å². The van der Waals surface area contributed by atoms with Crippen molar-refractivity contribution in [1.29, 1.82) is 0 Å². The van der Waals surface area contributed by atoms with Gasteiger partial charge >= 0.3 is 5.69 Å². The molecule has 0 saturated carbocycles. The number of hydrogen-bond acceptors (Lipinski definition) is 5. The van der Waals surface area contributed by atoms with E-state index in [4.69, 9.17) is 10.5 Å². The molecule has 0 spiro atoms. The van der Waals surface area contributed by atoms with Crippen LogP contribution in [0.1, 0.15) is 23.2 Å². The number of benzene rings is 3. The first-order valence-electron chi connectivity index (χ1n) is 11.2. The minimum Gasteiger partial charge on any atom is -0.497 e. The summed E-state index contributed by atoms with van der Waals surface area (Å²) in [4.78, 5) is 27.6. The first-order chi connectivity index (χ1) is 17.0. The largest absolute Gasteiger partial charge is 0.497 e. The second-order valence-electron chi connectivity index (χ2n) is 8.35. The van der Waals surface area contributed by atoms with Crippen molar-refractivity contribution in [2.24, 2.45) is 5.73 Å². The van der Waals surface area contributed by atoms with E-state index in [9.17, 15) is 14.0 Å². The van der Waals surface area contributed by atoms with Gasteiger partial charge in [-0.3, -0.25) is 13.9 Å². The number of halogens is 1. The van der Waals surface area contributed by atoms with Gasteiger partial charge in [-0.2, -0.15) is 0 Å². The number of hydrogen-bond donors (Lipinski definition) is 1. The van der Waals surface area contributed by atoms with Crippen molar-refractivity contribution < 1.29 is 9.13 Å². The predicted molar refractivity (Wildman–Crippen MR) is 136 cm³/mol. The van der Waals surface area contributed by atoms with Gasteiger partial charge < -0.3 is 10.5 Å². The summed E-state index contributed by atoms with van der Waals surface area (Å²) in [7, 11) is 1.55. The Morgan fingerprint density at radius 3 is 2.54 bits per heavy atom. The summed E-state index contributed by atoms with van der Waals surface area (Å²) >= 11 is 1.38. The van der Waals surface area contributed by atoms with Crippen molar-refractivity contribution in [2.45, 2.75) is 23.7 Å². The summed E-state index contributed by atoms with van der Waals surface area (Å²) in [6.07, 6.45) is 0. The van der Waals surface area contributed by atoms with Crippen molar-refractivity contribution in [3.8, 4) is 16.9 Å². The van der Waals surface area contributed by atoms with Crippen LogP contribution >= 0.6 is 11.8 Å². The number of thioether (sulfide) groups is 1. The molecule has 3 aromatic carbocycles. The van der Waals surface area contributed by atoms with Crippen LogP contribution in [-0.2, 0) is 6.54 Å². The summed E-state index contributed by atoms with van der Waals surface area (Å²) in [6.45, 7) is -0.00636. The second kappa shape index (κ2) is 9.56. The average Bonchev–Trinajstić information content (AvgIpc) is 3.32. The molecule has 1 aliphatic rings. The Labute approximate surface area is 205 Å². The first kappa shape index (κ1) is 23.1. The van der Waals surface area contributed by atoms with E-state index in [0.717, 1.165) is 5.56 Å². The minimum absolute atomic E-state index is 0.00636. The van der Waals surface area contributed by atoms with E-state index in [1.54, 1.807) is 43.5 Å². The topological polar surface area (TPSA) is 79.2 Å². The molecule has 0 bridgehead atoms. The number of aromatic nitrogens is 2. The maximum atomic E-state index is 14.8. The van der Waals surface area contributed by atoms with Crippen molar-refractivity contribution in [2.75, 3.05) is 12.9 Å². The molecule has 2 heterocycles. The highest BCUT2D eigenvalue weighted by Gasteiger charge is 2.33. The predicted octanol–water partition coefficient (Wildman–Crippen LogP) is 4.22. The molecular weight excluding hydrogens is 465 g/mol. The quantitative estimate of drug-likeness (QED) is 0.410. The highest BCUT2D eigenvalue weighted by Crippen LogP contribution is 2.41. The first-order valence-corrected chi connectivity index (χ1v) is 12.2. The number of methoxy groups -OCH3 is 1. The van der Waals surface area contributed by atoms with E-state index < -0.39 is 23.3 Å². The monoisotopic (exact) mass is 489 g/mol. The number of nitrogens with two attached hydrogens (primary N) is 1. The lowest BCUT2D eigenvalue weighted by Crippen LogP contribution is -2.44. The van der Waals surface area contributed by atoms with E-state index >= 15 is 0 Å². The Kier molecular flexibility index (Phi) is 6.32. The summed E-state index contributed by atoms with van der Waals surface area (Å²) < 4.78 is 22.9. The van der Waals surface area contributed by atoms with Crippen LogP contribution in [0.15, 0.2) is 93.5 Å². The Morgan fingerprint density at radius 1 is 1.06 bits per heavy atom. The maximum Gasteiger partial charge on any atom is 0.332 e. The van der Waals surface area contributed by atoms with Crippen molar-refractivity contribution in [3.63, 3.8) is 0 Å². The SMILES string of the molecule is COc1cccc(-c2c3n(c(=O)n(CC(N)c4ccccc4)c2=O)C(c2ccccc2F)CS3)c1. The Balaban J connectivity index is 1.74. The van der Waals surface area contributed by atoms with Crippen molar-refractivity contribution in [1.82, 2.24) is 9.13 Å². The van der Waals surface area contributed by atoms with E-state index in [0.29, 0.717) is 33.2 Å². The van der Waals surface area contributed by atoms with E-state index in [1.165, 1.54) is 27.0 Å². The van der Waals surface area contributed by atoms with Crippen LogP contribution in [0.2, 0.25) is 0 Å². The van der Waals surface area contributed by atoms with Gasteiger partial charge in [0.05, 0.1) is 30.3 Å². The Bertz CT molecular complexity index is 1500. The third kappa shape index (κ3) is 4.19. The van der Waals surface area contributed by atoms with Gasteiger partial charge in [-0.15, -0.1) is 11.8 Å². The van der Waals surface area contributed by atoms with Crippen LogP contribution < -0.4 is 21.7 Å². The number of nitrogens with zero attached hydrogens (tertiary/aromatic N) is 2. The molecule has 0 fully saturated rings. The molecule has 2 atom stereocenters. The van der Waals surface area contributed by atoms with E-state index in [2.05, 4.69) is 0 Å². The van der Waals surface area contributed by atoms with Crippen LogP contribution in [0.5, 0.6) is 5.75 Å². The standard InChI is InChI=1S/C27H24FN3O3S/c1-34-19-11-7-10-18(14-19)24-25(32)30(15-22(29)17-8-3-2-4-9-17)27(33)31-23(16-35-26(24)31)20-12-5-6-13-21(20)28/h2-14,22-23H,15-16,29H2,1H3.